The third-order valence-electron chi connectivity index (χ3n) is 7.10. The van der Waals surface area contributed by atoms with E-state index in [-0.39, 0.29) is 0 Å². The van der Waals surface area contributed by atoms with Gasteiger partial charge in [-0.05, 0) is 73.0 Å². The second kappa shape index (κ2) is 11.7. The van der Waals surface area contributed by atoms with Gasteiger partial charge in [-0.15, -0.1) is 0 Å². The van der Waals surface area contributed by atoms with Gasteiger partial charge >= 0.3 is 0 Å². The summed E-state index contributed by atoms with van der Waals surface area (Å²) in [6.45, 7) is 5.65. The zero-order chi connectivity index (χ0) is 25.5. The fraction of sp³-hybridized carbons (Fsp3) is 0.222. The lowest BCUT2D eigenvalue weighted by Gasteiger charge is -2.17. The molecule has 0 aliphatic carbocycles. The van der Waals surface area contributed by atoms with E-state index in [4.69, 9.17) is 0 Å². The van der Waals surface area contributed by atoms with Crippen LogP contribution in [0.4, 0.5) is 0 Å². The SMILES string of the molecule is CCCCC(CC)Cn1c2ccc(C#Cc3ccccc3)cc2c2cc(C#Cc3ccccc3)ccc21. The number of hydrogen-bond donors (Lipinski definition) is 0. The maximum absolute atomic E-state index is 3.38. The smallest absolute Gasteiger partial charge is 0.0492 e. The summed E-state index contributed by atoms with van der Waals surface area (Å²) in [5.74, 6) is 14.1. The van der Waals surface area contributed by atoms with Gasteiger partial charge in [0.1, 0.15) is 0 Å². The highest BCUT2D eigenvalue weighted by molar-refractivity contribution is 6.09. The van der Waals surface area contributed by atoms with Gasteiger partial charge in [0, 0.05) is 50.6 Å². The first-order chi connectivity index (χ1) is 18.2. The molecule has 37 heavy (non-hydrogen) atoms. The minimum Gasteiger partial charge on any atom is -0.340 e. The Bertz CT molecular complexity index is 1500. The largest absolute Gasteiger partial charge is 0.340 e. The Balaban J connectivity index is 1.60. The van der Waals surface area contributed by atoms with Crippen LogP contribution in [0.1, 0.15) is 61.8 Å². The topological polar surface area (TPSA) is 4.93 Å². The molecule has 1 aromatic heterocycles. The number of rotatable bonds is 6. The molecule has 4 aromatic carbocycles. The maximum Gasteiger partial charge on any atom is 0.0492 e. The Morgan fingerprint density at radius 2 is 1.08 bits per heavy atom. The normalized spacial score (nSPS) is 11.5. The van der Waals surface area contributed by atoms with E-state index in [1.807, 2.05) is 36.4 Å². The fourth-order valence-electron chi connectivity index (χ4n) is 4.96. The molecule has 5 aromatic rings. The summed E-state index contributed by atoms with van der Waals surface area (Å²) in [5.41, 5.74) is 6.70. The molecule has 0 amide bonds. The van der Waals surface area contributed by atoms with E-state index in [1.54, 1.807) is 0 Å². The molecule has 1 unspecified atom stereocenters. The van der Waals surface area contributed by atoms with Crippen LogP contribution in [0.25, 0.3) is 21.8 Å². The summed E-state index contributed by atoms with van der Waals surface area (Å²) in [5, 5.41) is 2.51. The second-order valence-corrected chi connectivity index (χ2v) is 9.72. The Hall–Kier alpha value is -4.20. The van der Waals surface area contributed by atoms with Crippen LogP contribution in [-0.2, 0) is 6.54 Å². The zero-order valence-electron chi connectivity index (χ0n) is 21.8. The summed E-state index contributed by atoms with van der Waals surface area (Å²) in [4.78, 5) is 0. The van der Waals surface area contributed by atoms with E-state index in [2.05, 4.69) is 103 Å². The van der Waals surface area contributed by atoms with Crippen molar-refractivity contribution in [3.63, 3.8) is 0 Å². The van der Waals surface area contributed by atoms with Crippen LogP contribution in [0.15, 0.2) is 97.1 Å². The summed E-state index contributed by atoms with van der Waals surface area (Å²) >= 11 is 0. The third kappa shape index (κ3) is 5.80. The first-order valence-electron chi connectivity index (χ1n) is 13.4. The summed E-state index contributed by atoms with van der Waals surface area (Å²) < 4.78 is 2.53. The van der Waals surface area contributed by atoms with Crippen LogP contribution in [-0.4, -0.2) is 4.57 Å². The van der Waals surface area contributed by atoms with Gasteiger partial charge in [0.25, 0.3) is 0 Å². The molecule has 5 rings (SSSR count). The van der Waals surface area contributed by atoms with Crippen molar-refractivity contribution >= 4 is 21.8 Å². The molecule has 1 heteroatoms. The summed E-state index contributed by atoms with van der Waals surface area (Å²) in [6.07, 6.45) is 5.00. The molecule has 0 fully saturated rings. The van der Waals surface area contributed by atoms with Crippen LogP contribution >= 0.6 is 0 Å². The average Bonchev–Trinajstić information content (AvgIpc) is 3.26. The van der Waals surface area contributed by atoms with Crippen LogP contribution in [0.3, 0.4) is 0 Å². The standard InChI is InChI=1S/C36H33N/c1-3-5-12-28(4-2)27-37-35-23-21-31(19-17-29-13-8-6-9-14-29)25-33(35)34-26-32(22-24-36(34)37)20-18-30-15-10-7-11-16-30/h6-11,13-16,21-26,28H,3-5,12,27H2,1-2H3. The van der Waals surface area contributed by atoms with E-state index in [0.717, 1.165) is 28.8 Å². The molecular weight excluding hydrogens is 446 g/mol. The van der Waals surface area contributed by atoms with Crippen molar-refractivity contribution < 1.29 is 0 Å². The van der Waals surface area contributed by atoms with Gasteiger partial charge in [0.15, 0.2) is 0 Å². The fourth-order valence-corrected chi connectivity index (χ4v) is 4.96. The molecular formula is C36H33N. The molecule has 0 aliphatic heterocycles. The molecule has 0 aliphatic rings. The first-order valence-corrected chi connectivity index (χ1v) is 13.4. The molecule has 182 valence electrons. The Labute approximate surface area is 221 Å². The van der Waals surface area contributed by atoms with Gasteiger partial charge in [0.2, 0.25) is 0 Å². The number of aromatic nitrogens is 1. The lowest BCUT2D eigenvalue weighted by Crippen LogP contribution is -2.10. The number of unbranched alkanes of at least 4 members (excludes halogenated alkanes) is 1. The molecule has 0 radical (unpaired) electrons. The van der Waals surface area contributed by atoms with Gasteiger partial charge in [-0.3, -0.25) is 0 Å². The quantitative estimate of drug-likeness (QED) is 0.214. The molecule has 1 nitrogen and oxygen atoms in total. The van der Waals surface area contributed by atoms with Gasteiger partial charge in [-0.1, -0.05) is 93.2 Å². The lowest BCUT2D eigenvalue weighted by atomic mass is 9.99. The van der Waals surface area contributed by atoms with Gasteiger partial charge in [-0.2, -0.15) is 0 Å². The zero-order valence-corrected chi connectivity index (χ0v) is 21.8. The number of nitrogens with zero attached hydrogens (tertiary/aromatic N) is 1. The minimum absolute atomic E-state index is 0.675. The monoisotopic (exact) mass is 479 g/mol. The number of hydrogen-bond acceptors (Lipinski definition) is 0. The van der Waals surface area contributed by atoms with Gasteiger partial charge < -0.3 is 4.57 Å². The molecule has 0 saturated carbocycles. The van der Waals surface area contributed by atoms with Crippen LogP contribution in [0, 0.1) is 29.6 Å². The van der Waals surface area contributed by atoms with Crippen molar-refractivity contribution in [1.29, 1.82) is 0 Å². The first kappa shape index (κ1) is 24.5. The molecule has 0 N–H and O–H groups in total. The highest BCUT2D eigenvalue weighted by atomic mass is 15.0. The molecule has 1 atom stereocenters. The minimum atomic E-state index is 0.675. The molecule has 0 bridgehead atoms. The molecule has 0 spiro atoms. The third-order valence-corrected chi connectivity index (χ3v) is 7.10. The second-order valence-electron chi connectivity index (χ2n) is 9.72. The van der Waals surface area contributed by atoms with Crippen molar-refractivity contribution in [2.75, 3.05) is 0 Å². The Kier molecular flexibility index (Phi) is 7.74. The maximum atomic E-state index is 3.38. The van der Waals surface area contributed by atoms with Crippen molar-refractivity contribution in [3.05, 3.63) is 119 Å². The van der Waals surface area contributed by atoms with E-state index < -0.39 is 0 Å². The highest BCUT2D eigenvalue weighted by Crippen LogP contribution is 2.32. The van der Waals surface area contributed by atoms with E-state index >= 15 is 0 Å². The van der Waals surface area contributed by atoms with E-state index in [1.165, 1.54) is 47.5 Å². The van der Waals surface area contributed by atoms with Crippen molar-refractivity contribution in [2.24, 2.45) is 5.92 Å². The average molecular weight is 480 g/mol. The lowest BCUT2D eigenvalue weighted by molar-refractivity contribution is 0.401. The van der Waals surface area contributed by atoms with Crippen molar-refractivity contribution in [2.45, 2.75) is 46.1 Å². The highest BCUT2D eigenvalue weighted by Gasteiger charge is 2.15. The van der Waals surface area contributed by atoms with Crippen LogP contribution in [0.2, 0.25) is 0 Å². The van der Waals surface area contributed by atoms with E-state index in [0.29, 0.717) is 5.92 Å². The molecule has 1 heterocycles. The van der Waals surface area contributed by atoms with Gasteiger partial charge in [0.05, 0.1) is 0 Å². The number of benzene rings is 4. The summed E-state index contributed by atoms with van der Waals surface area (Å²) in [7, 11) is 0. The van der Waals surface area contributed by atoms with E-state index in [9.17, 15) is 0 Å². The number of fused-ring (bicyclic) bond motifs is 3. The van der Waals surface area contributed by atoms with Crippen LogP contribution < -0.4 is 0 Å². The Morgan fingerprint density at radius 3 is 1.54 bits per heavy atom. The summed E-state index contributed by atoms with van der Waals surface area (Å²) in [6, 6.07) is 33.7. The van der Waals surface area contributed by atoms with Crippen molar-refractivity contribution in [1.82, 2.24) is 4.57 Å². The predicted molar refractivity (Wildman–Crippen MR) is 158 cm³/mol. The predicted octanol–water partition coefficient (Wildman–Crippen LogP) is 8.81. The van der Waals surface area contributed by atoms with Crippen LogP contribution in [0.5, 0.6) is 0 Å². The molecule has 0 saturated heterocycles. The van der Waals surface area contributed by atoms with Gasteiger partial charge in [-0.25, -0.2) is 0 Å². The Morgan fingerprint density at radius 1 is 0.595 bits per heavy atom. The van der Waals surface area contributed by atoms with Crippen molar-refractivity contribution in [3.8, 4) is 23.7 Å².